The van der Waals surface area contributed by atoms with Crippen molar-refractivity contribution in [3.05, 3.63) is 101 Å². The van der Waals surface area contributed by atoms with E-state index < -0.39 is 0 Å². The highest BCUT2D eigenvalue weighted by atomic mass is 35.5. The van der Waals surface area contributed by atoms with Gasteiger partial charge in [0.2, 0.25) is 0 Å². The van der Waals surface area contributed by atoms with Crippen LogP contribution in [0.2, 0.25) is 5.02 Å². The average molecular weight is 656 g/mol. The fourth-order valence-electron chi connectivity index (χ4n) is 4.41. The molecule has 0 aromatic heterocycles. The SMILES string of the molecule is C=C(O)CCNC(=C)c1ccc(C)cc1.C=CCCCCCCCN=C1NC(c2ccc(C)c(Cl)c2)CC(CC)S1.CC.CC. The first kappa shape index (κ1) is 42.4. The van der Waals surface area contributed by atoms with Crippen molar-refractivity contribution in [2.45, 2.75) is 118 Å². The van der Waals surface area contributed by atoms with Gasteiger partial charge in [-0.15, -0.1) is 6.58 Å². The van der Waals surface area contributed by atoms with E-state index in [0.717, 1.165) is 46.4 Å². The van der Waals surface area contributed by atoms with Gasteiger partial charge in [0, 0.05) is 35.5 Å². The summed E-state index contributed by atoms with van der Waals surface area (Å²) in [5.74, 6) is 0.194. The zero-order valence-corrected chi connectivity index (χ0v) is 30.9. The molecule has 2 atom stereocenters. The number of nitrogens with one attached hydrogen (secondary N) is 2. The summed E-state index contributed by atoms with van der Waals surface area (Å²) in [4.78, 5) is 4.85. The topological polar surface area (TPSA) is 56.6 Å². The maximum atomic E-state index is 8.91. The Morgan fingerprint density at radius 2 is 1.67 bits per heavy atom. The van der Waals surface area contributed by atoms with Gasteiger partial charge in [0.05, 0.1) is 11.8 Å². The molecule has 0 bridgehead atoms. The molecule has 1 heterocycles. The van der Waals surface area contributed by atoms with Crippen LogP contribution in [0.1, 0.15) is 121 Å². The second-order valence-corrected chi connectivity index (χ2v) is 12.4. The van der Waals surface area contributed by atoms with Crippen LogP contribution in [0.4, 0.5) is 0 Å². The molecule has 0 saturated carbocycles. The Balaban J connectivity index is 0.000000866. The van der Waals surface area contributed by atoms with Gasteiger partial charge in [-0.1, -0.05) is 138 Å². The van der Waals surface area contributed by atoms with E-state index >= 15 is 0 Å². The molecule has 4 nitrogen and oxygen atoms in total. The summed E-state index contributed by atoms with van der Waals surface area (Å²) in [5.41, 5.74) is 5.58. The number of aliphatic hydroxyl groups is 1. The first-order valence-electron chi connectivity index (χ1n) is 16.9. The fraction of sp³-hybridized carbons (Fsp3) is 0.513. The Morgan fingerprint density at radius 3 is 2.27 bits per heavy atom. The third kappa shape index (κ3) is 18.8. The van der Waals surface area contributed by atoms with Gasteiger partial charge in [-0.3, -0.25) is 4.99 Å². The van der Waals surface area contributed by atoms with Gasteiger partial charge in [0.15, 0.2) is 5.17 Å². The Labute approximate surface area is 286 Å². The van der Waals surface area contributed by atoms with Crippen LogP contribution in [-0.2, 0) is 0 Å². The van der Waals surface area contributed by atoms with Crippen molar-refractivity contribution < 1.29 is 5.11 Å². The van der Waals surface area contributed by atoms with Crippen LogP contribution in [0.25, 0.3) is 5.70 Å². The van der Waals surface area contributed by atoms with Crippen molar-refractivity contribution in [1.29, 1.82) is 0 Å². The molecule has 1 saturated heterocycles. The molecule has 0 aliphatic carbocycles. The second-order valence-electron chi connectivity index (χ2n) is 10.7. The van der Waals surface area contributed by atoms with Crippen LogP contribution in [0.3, 0.4) is 0 Å². The summed E-state index contributed by atoms with van der Waals surface area (Å²) in [7, 11) is 0. The largest absolute Gasteiger partial charge is 0.513 e. The van der Waals surface area contributed by atoms with E-state index in [1.54, 1.807) is 0 Å². The molecule has 0 radical (unpaired) electrons. The van der Waals surface area contributed by atoms with Crippen LogP contribution < -0.4 is 10.6 Å². The minimum Gasteiger partial charge on any atom is -0.513 e. The normalized spacial score (nSPS) is 16.0. The molecule has 0 amide bonds. The highest BCUT2D eigenvalue weighted by Crippen LogP contribution is 2.34. The monoisotopic (exact) mass is 655 g/mol. The maximum absolute atomic E-state index is 8.91. The molecule has 1 fully saturated rings. The van der Waals surface area contributed by atoms with Crippen LogP contribution in [0, 0.1) is 13.8 Å². The summed E-state index contributed by atoms with van der Waals surface area (Å²) in [5, 5.41) is 18.3. The lowest BCUT2D eigenvalue weighted by Gasteiger charge is -2.31. The number of hydrogen-bond donors (Lipinski definition) is 3. The summed E-state index contributed by atoms with van der Waals surface area (Å²) >= 11 is 8.24. The van der Waals surface area contributed by atoms with Gasteiger partial charge in [-0.2, -0.15) is 0 Å². The molecular formula is C39H62ClN3OS. The van der Waals surface area contributed by atoms with Crippen LogP contribution >= 0.6 is 23.4 Å². The number of aliphatic imine (C=N–C) groups is 1. The van der Waals surface area contributed by atoms with Crippen molar-refractivity contribution in [1.82, 2.24) is 10.6 Å². The number of thioether (sulfide) groups is 1. The van der Waals surface area contributed by atoms with E-state index in [0.29, 0.717) is 24.3 Å². The molecule has 2 unspecified atom stereocenters. The average Bonchev–Trinajstić information content (AvgIpc) is 3.05. The number of nitrogens with zero attached hydrogens (tertiary/aromatic N) is 1. The lowest BCUT2D eigenvalue weighted by molar-refractivity contribution is 0.391. The third-order valence-corrected chi connectivity index (χ3v) is 8.84. The molecule has 3 N–H and O–H groups in total. The minimum atomic E-state index is 0.194. The molecular weight excluding hydrogens is 594 g/mol. The number of halogens is 1. The molecule has 45 heavy (non-hydrogen) atoms. The number of aryl methyl sites for hydroxylation is 2. The van der Waals surface area contributed by atoms with E-state index in [4.69, 9.17) is 21.7 Å². The molecule has 2 aromatic rings. The van der Waals surface area contributed by atoms with E-state index in [1.165, 1.54) is 49.7 Å². The molecule has 1 aliphatic rings. The van der Waals surface area contributed by atoms with E-state index in [-0.39, 0.29) is 5.76 Å². The maximum Gasteiger partial charge on any atom is 0.157 e. The number of unbranched alkanes of at least 4 members (excludes halogenated alkanes) is 5. The number of amidine groups is 1. The quantitative estimate of drug-likeness (QED) is 0.101. The van der Waals surface area contributed by atoms with Gasteiger partial charge in [-0.25, -0.2) is 0 Å². The third-order valence-electron chi connectivity index (χ3n) is 7.10. The lowest BCUT2D eigenvalue weighted by Crippen LogP contribution is -2.35. The van der Waals surface area contributed by atoms with Crippen molar-refractivity contribution in [3.8, 4) is 0 Å². The smallest absolute Gasteiger partial charge is 0.157 e. The predicted octanol–water partition coefficient (Wildman–Crippen LogP) is 12.1. The summed E-state index contributed by atoms with van der Waals surface area (Å²) in [6.07, 6.45) is 12.3. The molecule has 3 rings (SSSR count). The summed E-state index contributed by atoms with van der Waals surface area (Å²) < 4.78 is 0. The number of hydrogen-bond acceptors (Lipinski definition) is 4. The molecule has 1 aliphatic heterocycles. The Morgan fingerprint density at radius 1 is 1.02 bits per heavy atom. The van der Waals surface area contributed by atoms with Gasteiger partial charge < -0.3 is 15.7 Å². The van der Waals surface area contributed by atoms with Gasteiger partial charge in [0.25, 0.3) is 0 Å². The zero-order valence-electron chi connectivity index (χ0n) is 29.4. The van der Waals surface area contributed by atoms with Crippen LogP contribution in [0.5, 0.6) is 0 Å². The van der Waals surface area contributed by atoms with E-state index in [2.05, 4.69) is 69.3 Å². The van der Waals surface area contributed by atoms with Crippen molar-refractivity contribution in [3.63, 3.8) is 0 Å². The van der Waals surface area contributed by atoms with E-state index in [1.807, 2.05) is 69.8 Å². The number of rotatable bonds is 15. The first-order valence-corrected chi connectivity index (χ1v) is 18.2. The first-order chi connectivity index (χ1) is 21.7. The Hall–Kier alpha value is -2.63. The standard InChI is InChI=1S/C22H33ClN2S.C13H17NO.2C2H6/c1-4-6-7-8-9-10-11-14-24-22-25-21(16-19(5-2)26-22)18-13-12-17(3)20(23)15-18;1-10-4-6-13(7-5-10)12(3)14-9-8-11(2)15;2*1-2/h4,12-13,15,19,21H,1,5-11,14,16H2,2-3H3,(H,24,25);4-7,14-15H,2-3,8-9H2,1H3;2*1-2H3. The van der Waals surface area contributed by atoms with Crippen LogP contribution in [0.15, 0.2) is 79.0 Å². The number of allylic oxidation sites excluding steroid dienone is 1. The molecule has 0 spiro atoms. The molecule has 2 aromatic carbocycles. The second kappa shape index (κ2) is 26.6. The van der Waals surface area contributed by atoms with Gasteiger partial charge >= 0.3 is 0 Å². The van der Waals surface area contributed by atoms with Gasteiger partial charge in [0.1, 0.15) is 0 Å². The van der Waals surface area contributed by atoms with E-state index in [9.17, 15) is 0 Å². The summed E-state index contributed by atoms with van der Waals surface area (Å²) in [6, 6.07) is 14.9. The van der Waals surface area contributed by atoms with Crippen molar-refractivity contribution in [2.75, 3.05) is 13.1 Å². The number of aliphatic hydroxyl groups excluding tert-OH is 1. The Bertz CT molecular complexity index is 1130. The molecule has 6 heteroatoms. The van der Waals surface area contributed by atoms with Gasteiger partial charge in [-0.05, 0) is 68.7 Å². The Kier molecular flexibility index (Phi) is 25.0. The fourth-order valence-corrected chi connectivity index (χ4v) is 5.75. The zero-order chi connectivity index (χ0) is 34.0. The van der Waals surface area contributed by atoms with Crippen LogP contribution in [-0.4, -0.2) is 28.6 Å². The summed E-state index contributed by atoms with van der Waals surface area (Å²) in [6.45, 7) is 27.1. The minimum absolute atomic E-state index is 0.194. The van der Waals surface area contributed by atoms with Crippen molar-refractivity contribution in [2.24, 2.45) is 4.99 Å². The predicted molar refractivity (Wildman–Crippen MR) is 206 cm³/mol. The number of benzene rings is 2. The highest BCUT2D eigenvalue weighted by Gasteiger charge is 2.26. The highest BCUT2D eigenvalue weighted by molar-refractivity contribution is 8.14. The lowest BCUT2D eigenvalue weighted by atomic mass is 9.99. The molecule has 252 valence electrons. The van der Waals surface area contributed by atoms with Crippen molar-refractivity contribution >= 4 is 34.2 Å².